The Balaban J connectivity index is 1.92. The summed E-state index contributed by atoms with van der Waals surface area (Å²) >= 11 is 2.81. The van der Waals surface area contributed by atoms with E-state index in [0.717, 1.165) is 25.9 Å². The van der Waals surface area contributed by atoms with Crippen molar-refractivity contribution in [3.63, 3.8) is 0 Å². The first-order valence-electron chi connectivity index (χ1n) is 7.14. The second-order valence-corrected chi connectivity index (χ2v) is 7.88. The summed E-state index contributed by atoms with van der Waals surface area (Å²) in [7, 11) is 2.12. The molecule has 3 heterocycles. The SMILES string of the molecule is Cc1c(C(N)=O)sc2nc(SC3CCN(C)CC3)[nH]c(=O)c12. The van der Waals surface area contributed by atoms with E-state index in [2.05, 4.69) is 21.9 Å². The fraction of sp³-hybridized carbons (Fsp3) is 0.500. The van der Waals surface area contributed by atoms with Gasteiger partial charge in [0.25, 0.3) is 11.5 Å². The summed E-state index contributed by atoms with van der Waals surface area (Å²) in [6, 6.07) is 0. The topological polar surface area (TPSA) is 92.1 Å². The Morgan fingerprint density at radius 2 is 2.14 bits per heavy atom. The van der Waals surface area contributed by atoms with Gasteiger partial charge in [0.05, 0.1) is 10.3 Å². The first kappa shape index (κ1) is 15.5. The molecule has 118 valence electrons. The summed E-state index contributed by atoms with van der Waals surface area (Å²) in [6.07, 6.45) is 2.16. The number of hydrogen-bond donors (Lipinski definition) is 2. The van der Waals surface area contributed by atoms with Gasteiger partial charge in [-0.25, -0.2) is 4.98 Å². The number of aryl methyl sites for hydroxylation is 1. The van der Waals surface area contributed by atoms with Gasteiger partial charge in [0.15, 0.2) is 5.16 Å². The molecular weight excluding hydrogens is 320 g/mol. The lowest BCUT2D eigenvalue weighted by atomic mass is 10.1. The van der Waals surface area contributed by atoms with Crippen LogP contribution in [-0.4, -0.2) is 46.2 Å². The van der Waals surface area contributed by atoms with Gasteiger partial charge in [-0.05, 0) is 45.5 Å². The van der Waals surface area contributed by atoms with Gasteiger partial charge >= 0.3 is 0 Å². The first-order chi connectivity index (χ1) is 10.5. The van der Waals surface area contributed by atoms with E-state index in [9.17, 15) is 9.59 Å². The van der Waals surface area contributed by atoms with Crippen LogP contribution in [-0.2, 0) is 0 Å². The minimum Gasteiger partial charge on any atom is -0.365 e. The molecule has 2 aromatic rings. The molecular formula is C14H18N4O2S2. The zero-order chi connectivity index (χ0) is 15.9. The molecule has 6 nitrogen and oxygen atoms in total. The second-order valence-electron chi connectivity index (χ2n) is 5.59. The largest absolute Gasteiger partial charge is 0.365 e. The molecule has 3 rings (SSSR count). The van der Waals surface area contributed by atoms with Gasteiger partial charge in [0.1, 0.15) is 4.83 Å². The van der Waals surface area contributed by atoms with Crippen LogP contribution >= 0.6 is 23.1 Å². The van der Waals surface area contributed by atoms with E-state index < -0.39 is 5.91 Å². The normalized spacial score (nSPS) is 17.2. The van der Waals surface area contributed by atoms with Gasteiger partial charge in [-0.1, -0.05) is 11.8 Å². The summed E-state index contributed by atoms with van der Waals surface area (Å²) in [5.74, 6) is -0.510. The number of primary amides is 1. The number of nitrogens with two attached hydrogens (primary N) is 1. The predicted molar refractivity (Wildman–Crippen MR) is 89.9 cm³/mol. The Labute approximate surface area is 136 Å². The van der Waals surface area contributed by atoms with Crippen molar-refractivity contribution < 1.29 is 4.79 Å². The Morgan fingerprint density at radius 1 is 1.45 bits per heavy atom. The van der Waals surface area contributed by atoms with E-state index in [1.54, 1.807) is 18.7 Å². The number of piperidine rings is 1. The Morgan fingerprint density at radius 3 is 2.77 bits per heavy atom. The standard InChI is InChI=1S/C14H18N4O2S2/c1-7-9-12(20)16-14(17-13(9)22-10(7)11(15)19)21-8-3-5-18(2)6-4-8/h8H,3-6H2,1-2H3,(H2,15,19)(H,16,17,20). The van der Waals surface area contributed by atoms with Gasteiger partial charge in [-0.3, -0.25) is 9.59 Å². The van der Waals surface area contributed by atoms with Crippen LogP contribution in [0.3, 0.4) is 0 Å². The highest BCUT2D eigenvalue weighted by Gasteiger charge is 2.21. The van der Waals surface area contributed by atoms with Crippen molar-refractivity contribution in [3.05, 3.63) is 20.8 Å². The fourth-order valence-corrected chi connectivity index (χ4v) is 4.83. The van der Waals surface area contributed by atoms with Crippen molar-refractivity contribution >= 4 is 39.2 Å². The first-order valence-corrected chi connectivity index (χ1v) is 8.83. The van der Waals surface area contributed by atoms with Crippen molar-refractivity contribution in [2.24, 2.45) is 5.73 Å². The predicted octanol–water partition coefficient (Wildman–Crippen LogP) is 1.58. The summed E-state index contributed by atoms with van der Waals surface area (Å²) < 4.78 is 0. The Hall–Kier alpha value is -1.38. The van der Waals surface area contributed by atoms with Crippen LogP contribution < -0.4 is 11.3 Å². The van der Waals surface area contributed by atoms with Crippen LogP contribution in [0.2, 0.25) is 0 Å². The van der Waals surface area contributed by atoms with E-state index in [4.69, 9.17) is 5.73 Å². The minimum atomic E-state index is -0.510. The molecule has 0 radical (unpaired) electrons. The highest BCUT2D eigenvalue weighted by molar-refractivity contribution is 7.99. The lowest BCUT2D eigenvalue weighted by molar-refractivity contribution is 0.100. The molecule has 1 aliphatic heterocycles. The second kappa shape index (κ2) is 6.02. The van der Waals surface area contributed by atoms with Crippen molar-refractivity contribution in [2.45, 2.75) is 30.2 Å². The van der Waals surface area contributed by atoms with Gasteiger partial charge in [0, 0.05) is 5.25 Å². The van der Waals surface area contributed by atoms with Crippen molar-refractivity contribution in [3.8, 4) is 0 Å². The number of aromatic amines is 1. The number of fused-ring (bicyclic) bond motifs is 1. The third-order valence-electron chi connectivity index (χ3n) is 3.95. The van der Waals surface area contributed by atoms with Crippen molar-refractivity contribution in [1.29, 1.82) is 0 Å². The van der Waals surface area contributed by atoms with Gasteiger partial charge < -0.3 is 15.6 Å². The van der Waals surface area contributed by atoms with Crippen LogP contribution in [0.4, 0.5) is 0 Å². The maximum Gasteiger partial charge on any atom is 0.260 e. The molecule has 0 aliphatic carbocycles. The Kier molecular flexibility index (Phi) is 4.24. The molecule has 0 saturated carbocycles. The third-order valence-corrected chi connectivity index (χ3v) is 6.37. The molecule has 0 bridgehead atoms. The number of likely N-dealkylation sites (tertiary alicyclic amines) is 1. The number of H-pyrrole nitrogens is 1. The molecule has 0 aromatic carbocycles. The molecule has 22 heavy (non-hydrogen) atoms. The number of thiophene rings is 1. The molecule has 1 amide bonds. The molecule has 8 heteroatoms. The van der Waals surface area contributed by atoms with Gasteiger partial charge in [-0.2, -0.15) is 0 Å². The van der Waals surface area contributed by atoms with Crippen molar-refractivity contribution in [2.75, 3.05) is 20.1 Å². The lowest BCUT2D eigenvalue weighted by Crippen LogP contribution is -2.31. The molecule has 1 aliphatic rings. The van der Waals surface area contributed by atoms with Gasteiger partial charge in [0.2, 0.25) is 0 Å². The summed E-state index contributed by atoms with van der Waals surface area (Å²) in [5.41, 5.74) is 5.78. The number of nitrogens with one attached hydrogen (secondary N) is 1. The summed E-state index contributed by atoms with van der Waals surface area (Å²) in [4.78, 5) is 34.4. The van der Waals surface area contributed by atoms with Crippen molar-refractivity contribution in [1.82, 2.24) is 14.9 Å². The molecule has 0 atom stereocenters. The van der Waals surface area contributed by atoms with E-state index >= 15 is 0 Å². The summed E-state index contributed by atoms with van der Waals surface area (Å²) in [5, 5.41) is 1.57. The number of hydrogen-bond acceptors (Lipinski definition) is 6. The number of aromatic nitrogens is 2. The molecule has 0 unspecified atom stereocenters. The van der Waals surface area contributed by atoms with Crippen LogP contribution in [0.15, 0.2) is 9.95 Å². The number of thioether (sulfide) groups is 1. The van der Waals surface area contributed by atoms with Crippen LogP contribution in [0, 0.1) is 6.92 Å². The van der Waals surface area contributed by atoms with E-state index in [1.807, 2.05) is 0 Å². The number of carbonyl (C=O) groups excluding carboxylic acids is 1. The smallest absolute Gasteiger partial charge is 0.260 e. The number of amides is 1. The maximum atomic E-state index is 12.3. The van der Waals surface area contributed by atoms with Gasteiger partial charge in [-0.15, -0.1) is 11.3 Å². The molecule has 1 fully saturated rings. The fourth-order valence-electron chi connectivity index (χ4n) is 2.68. The zero-order valence-corrected chi connectivity index (χ0v) is 14.1. The third kappa shape index (κ3) is 2.90. The maximum absolute atomic E-state index is 12.3. The minimum absolute atomic E-state index is 0.193. The lowest BCUT2D eigenvalue weighted by Gasteiger charge is -2.27. The highest BCUT2D eigenvalue weighted by atomic mass is 32.2. The highest BCUT2D eigenvalue weighted by Crippen LogP contribution is 2.31. The van der Waals surface area contributed by atoms with Crippen LogP contribution in [0.1, 0.15) is 28.1 Å². The van der Waals surface area contributed by atoms with Crippen LogP contribution in [0.25, 0.3) is 10.2 Å². The molecule has 1 saturated heterocycles. The zero-order valence-electron chi connectivity index (χ0n) is 12.5. The average Bonchev–Trinajstić information content (AvgIpc) is 2.79. The summed E-state index contributed by atoms with van der Waals surface area (Å²) in [6.45, 7) is 3.86. The van der Waals surface area contributed by atoms with E-state index in [0.29, 0.717) is 31.1 Å². The van der Waals surface area contributed by atoms with E-state index in [1.165, 1.54) is 11.3 Å². The molecule has 0 spiro atoms. The Bertz CT molecular complexity index is 775. The van der Waals surface area contributed by atoms with E-state index in [-0.39, 0.29) is 5.56 Å². The molecule has 3 N–H and O–H groups in total. The average molecular weight is 338 g/mol. The van der Waals surface area contributed by atoms with Crippen LogP contribution in [0.5, 0.6) is 0 Å². The number of carbonyl (C=O) groups is 1. The quantitative estimate of drug-likeness (QED) is 0.829. The number of nitrogens with zero attached hydrogens (tertiary/aromatic N) is 2. The monoisotopic (exact) mass is 338 g/mol. The molecule has 2 aromatic heterocycles. The number of rotatable bonds is 3.